The van der Waals surface area contributed by atoms with Gasteiger partial charge in [-0.25, -0.2) is 0 Å². The molecule has 0 spiro atoms. The van der Waals surface area contributed by atoms with Crippen LogP contribution in [-0.2, 0) is 0 Å². The second-order valence-corrected chi connectivity index (χ2v) is 5.48. The maximum absolute atomic E-state index is 6.08. The molecule has 0 atom stereocenters. The minimum absolute atomic E-state index is 0.328. The first-order chi connectivity index (χ1) is 8.22. The molecule has 1 aromatic heterocycles. The van der Waals surface area contributed by atoms with Gasteiger partial charge in [0.25, 0.3) is 0 Å². The third-order valence-electron chi connectivity index (χ3n) is 3.87. The molecule has 0 unspecified atom stereocenters. The quantitative estimate of drug-likeness (QED) is 0.870. The van der Waals surface area contributed by atoms with Crippen molar-refractivity contribution in [3.05, 3.63) is 10.8 Å². The number of nitrogen functional groups attached to an aromatic ring is 1. The van der Waals surface area contributed by atoms with Crippen molar-refractivity contribution in [3.63, 3.8) is 0 Å². The number of aromatic nitrogens is 1. The van der Waals surface area contributed by atoms with E-state index in [0.29, 0.717) is 16.8 Å². The molecule has 1 aromatic rings. The van der Waals surface area contributed by atoms with Gasteiger partial charge in [-0.3, -0.25) is 0 Å². The molecule has 1 heterocycles. The van der Waals surface area contributed by atoms with Crippen molar-refractivity contribution in [2.45, 2.75) is 57.8 Å². The molecule has 0 bridgehead atoms. The maximum Gasteiger partial charge on any atom is 0.186 e. The second kappa shape index (κ2) is 5.76. The summed E-state index contributed by atoms with van der Waals surface area (Å²) < 4.78 is 5.24. The Morgan fingerprint density at radius 2 is 2.06 bits per heavy atom. The zero-order valence-electron chi connectivity index (χ0n) is 10.4. The van der Waals surface area contributed by atoms with Gasteiger partial charge in [-0.05, 0) is 31.6 Å². The molecule has 4 heteroatoms. The van der Waals surface area contributed by atoms with Crippen molar-refractivity contribution in [2.75, 3.05) is 5.73 Å². The topological polar surface area (TPSA) is 52.0 Å². The fourth-order valence-corrected chi connectivity index (χ4v) is 2.99. The van der Waals surface area contributed by atoms with Crippen molar-refractivity contribution in [1.82, 2.24) is 5.16 Å². The first kappa shape index (κ1) is 12.7. The van der Waals surface area contributed by atoms with E-state index in [2.05, 4.69) is 12.1 Å². The predicted octanol–water partition coefficient (Wildman–Crippen LogP) is 4.37. The van der Waals surface area contributed by atoms with Gasteiger partial charge in [-0.15, -0.1) is 0 Å². The molecule has 0 radical (unpaired) electrons. The van der Waals surface area contributed by atoms with Crippen LogP contribution >= 0.6 is 11.6 Å². The lowest BCUT2D eigenvalue weighted by Crippen LogP contribution is -2.13. The first-order valence-corrected chi connectivity index (χ1v) is 7.00. The minimum atomic E-state index is 0.328. The van der Waals surface area contributed by atoms with Crippen LogP contribution in [0.5, 0.6) is 0 Å². The van der Waals surface area contributed by atoms with E-state index < -0.39 is 0 Å². The predicted molar refractivity (Wildman–Crippen MR) is 70.1 cm³/mol. The van der Waals surface area contributed by atoms with Gasteiger partial charge < -0.3 is 10.3 Å². The summed E-state index contributed by atoms with van der Waals surface area (Å²) in [5.74, 6) is 2.45. The normalized spacial score (nSPS) is 25.1. The van der Waals surface area contributed by atoms with Gasteiger partial charge in [0.2, 0.25) is 0 Å². The number of rotatable bonds is 4. The van der Waals surface area contributed by atoms with Crippen molar-refractivity contribution in [2.24, 2.45) is 5.92 Å². The molecule has 1 aliphatic carbocycles. The Kier molecular flexibility index (Phi) is 4.32. The van der Waals surface area contributed by atoms with E-state index in [1.54, 1.807) is 0 Å². The van der Waals surface area contributed by atoms with Crippen LogP contribution in [0.3, 0.4) is 0 Å². The summed E-state index contributed by atoms with van der Waals surface area (Å²) in [4.78, 5) is 0. The third-order valence-corrected chi connectivity index (χ3v) is 4.25. The van der Waals surface area contributed by atoms with Gasteiger partial charge in [0.15, 0.2) is 11.6 Å². The van der Waals surface area contributed by atoms with Crippen LogP contribution in [0.4, 0.5) is 5.82 Å². The summed E-state index contributed by atoms with van der Waals surface area (Å²) in [5, 5.41) is 4.26. The van der Waals surface area contributed by atoms with Crippen molar-refractivity contribution in [3.8, 4) is 0 Å². The van der Waals surface area contributed by atoms with E-state index in [4.69, 9.17) is 21.9 Å². The van der Waals surface area contributed by atoms with Gasteiger partial charge >= 0.3 is 0 Å². The van der Waals surface area contributed by atoms with Crippen LogP contribution in [0.1, 0.15) is 63.5 Å². The molecule has 2 N–H and O–H groups in total. The molecule has 0 saturated heterocycles. The highest BCUT2D eigenvalue weighted by atomic mass is 35.5. The molecule has 2 rings (SSSR count). The molecule has 1 saturated carbocycles. The Hall–Kier alpha value is -0.700. The van der Waals surface area contributed by atoms with E-state index in [9.17, 15) is 0 Å². The summed E-state index contributed by atoms with van der Waals surface area (Å²) in [5.41, 5.74) is 5.60. The van der Waals surface area contributed by atoms with E-state index >= 15 is 0 Å². The maximum atomic E-state index is 6.08. The van der Waals surface area contributed by atoms with Crippen LogP contribution in [0, 0.1) is 5.92 Å². The van der Waals surface area contributed by atoms with Crippen LogP contribution < -0.4 is 5.73 Å². The van der Waals surface area contributed by atoms with E-state index in [-0.39, 0.29) is 0 Å². The molecule has 0 amide bonds. The van der Waals surface area contributed by atoms with E-state index in [0.717, 1.165) is 24.5 Å². The van der Waals surface area contributed by atoms with Crippen LogP contribution in [0.2, 0.25) is 5.02 Å². The lowest BCUT2D eigenvalue weighted by atomic mass is 9.79. The number of hydrogen-bond donors (Lipinski definition) is 1. The van der Waals surface area contributed by atoms with Gasteiger partial charge in [-0.2, -0.15) is 0 Å². The number of unbranched alkanes of at least 4 members (excludes halogenated alkanes) is 1. The number of halogens is 1. The van der Waals surface area contributed by atoms with Crippen molar-refractivity contribution >= 4 is 17.4 Å². The molecular weight excluding hydrogens is 236 g/mol. The average molecular weight is 257 g/mol. The fourth-order valence-electron chi connectivity index (χ4n) is 2.76. The van der Waals surface area contributed by atoms with E-state index in [1.807, 2.05) is 0 Å². The third kappa shape index (κ3) is 2.95. The lowest BCUT2D eigenvalue weighted by Gasteiger charge is -2.27. The van der Waals surface area contributed by atoms with Crippen LogP contribution in [-0.4, -0.2) is 5.16 Å². The Labute approximate surface area is 108 Å². The molecule has 96 valence electrons. The molecular formula is C13H21ClN2O. The zero-order valence-corrected chi connectivity index (χ0v) is 11.2. The van der Waals surface area contributed by atoms with Crippen molar-refractivity contribution in [1.29, 1.82) is 0 Å². The highest BCUT2D eigenvalue weighted by Gasteiger charge is 2.27. The van der Waals surface area contributed by atoms with Gasteiger partial charge in [0, 0.05) is 5.92 Å². The Morgan fingerprint density at radius 3 is 2.59 bits per heavy atom. The molecule has 17 heavy (non-hydrogen) atoms. The van der Waals surface area contributed by atoms with Crippen molar-refractivity contribution < 1.29 is 4.52 Å². The summed E-state index contributed by atoms with van der Waals surface area (Å²) in [6.07, 6.45) is 8.89. The first-order valence-electron chi connectivity index (χ1n) is 6.62. The highest BCUT2D eigenvalue weighted by Crippen LogP contribution is 2.41. The SMILES string of the molecule is CCCCC1CCC(c2onc(N)c2Cl)CC1. The number of nitrogens with zero attached hydrogens (tertiary/aromatic N) is 1. The Balaban J connectivity index is 1.89. The summed E-state index contributed by atoms with van der Waals surface area (Å²) in [7, 11) is 0. The zero-order chi connectivity index (χ0) is 12.3. The average Bonchev–Trinajstić information content (AvgIpc) is 2.68. The highest BCUT2D eigenvalue weighted by molar-refractivity contribution is 6.33. The molecule has 1 aliphatic rings. The standard InChI is InChI=1S/C13H21ClN2O/c1-2-3-4-9-5-7-10(8-6-9)12-11(14)13(15)16-17-12/h9-10H,2-8H2,1H3,(H2,15,16). The number of hydrogen-bond acceptors (Lipinski definition) is 3. The molecule has 1 fully saturated rings. The summed E-state index contributed by atoms with van der Waals surface area (Å²) >= 11 is 6.08. The van der Waals surface area contributed by atoms with Gasteiger partial charge in [0.1, 0.15) is 5.02 Å². The molecule has 0 aliphatic heterocycles. The van der Waals surface area contributed by atoms with Gasteiger partial charge in [-0.1, -0.05) is 42.9 Å². The van der Waals surface area contributed by atoms with Crippen LogP contribution in [0.25, 0.3) is 0 Å². The smallest absolute Gasteiger partial charge is 0.186 e. The summed E-state index contributed by atoms with van der Waals surface area (Å²) in [6, 6.07) is 0. The largest absolute Gasteiger partial charge is 0.380 e. The fraction of sp³-hybridized carbons (Fsp3) is 0.769. The lowest BCUT2D eigenvalue weighted by molar-refractivity contribution is 0.266. The minimum Gasteiger partial charge on any atom is -0.380 e. The second-order valence-electron chi connectivity index (χ2n) is 5.11. The molecule has 0 aromatic carbocycles. The van der Waals surface area contributed by atoms with Gasteiger partial charge in [0.05, 0.1) is 0 Å². The number of nitrogens with two attached hydrogens (primary N) is 1. The van der Waals surface area contributed by atoms with Crippen LogP contribution in [0.15, 0.2) is 4.52 Å². The monoisotopic (exact) mass is 256 g/mol. The molecule has 3 nitrogen and oxygen atoms in total. The van der Waals surface area contributed by atoms with E-state index in [1.165, 1.54) is 32.1 Å². The summed E-state index contributed by atoms with van der Waals surface area (Å²) in [6.45, 7) is 2.25. The Morgan fingerprint density at radius 1 is 1.35 bits per heavy atom. The number of anilines is 1. The Bertz CT molecular complexity index is 356.